The quantitative estimate of drug-likeness (QED) is 0.681. The van der Waals surface area contributed by atoms with Crippen molar-refractivity contribution in [3.8, 4) is 0 Å². The van der Waals surface area contributed by atoms with E-state index < -0.39 is 6.04 Å². The summed E-state index contributed by atoms with van der Waals surface area (Å²) >= 11 is 0. The third-order valence-electron chi connectivity index (χ3n) is 7.69. The van der Waals surface area contributed by atoms with E-state index in [1.54, 1.807) is 23.2 Å². The van der Waals surface area contributed by atoms with Crippen molar-refractivity contribution in [2.75, 3.05) is 6.54 Å². The Balaban J connectivity index is 1.28. The number of likely N-dealkylation sites (tertiary alicyclic amines) is 1. The van der Waals surface area contributed by atoms with Crippen LogP contribution in [0.5, 0.6) is 0 Å². The number of hydrogen-bond donors (Lipinski definition) is 1. The first-order chi connectivity index (χ1) is 15.7. The maximum absolute atomic E-state index is 13.4. The first-order valence-electron chi connectivity index (χ1n) is 12.1. The molecule has 176 valence electrons. The molecule has 2 amide bonds. The molecule has 8 nitrogen and oxygen atoms in total. The van der Waals surface area contributed by atoms with E-state index in [0.29, 0.717) is 40.5 Å². The lowest BCUT2D eigenvalue weighted by molar-refractivity contribution is -0.140. The second-order valence-corrected chi connectivity index (χ2v) is 10.9. The van der Waals surface area contributed by atoms with E-state index in [0.717, 1.165) is 25.7 Å². The average molecular weight is 452 g/mol. The van der Waals surface area contributed by atoms with Crippen molar-refractivity contribution in [3.63, 3.8) is 0 Å². The van der Waals surface area contributed by atoms with Crippen LogP contribution >= 0.6 is 0 Å². The summed E-state index contributed by atoms with van der Waals surface area (Å²) < 4.78 is 1.50. The zero-order valence-electron chi connectivity index (χ0n) is 19.7. The van der Waals surface area contributed by atoms with Crippen molar-refractivity contribution in [2.45, 2.75) is 77.9 Å². The Labute approximate surface area is 194 Å². The van der Waals surface area contributed by atoms with E-state index in [4.69, 9.17) is 0 Å². The fourth-order valence-electron chi connectivity index (χ4n) is 6.03. The molecule has 0 radical (unpaired) electrons. The van der Waals surface area contributed by atoms with Gasteiger partial charge in [0.05, 0.1) is 5.39 Å². The van der Waals surface area contributed by atoms with Crippen LogP contribution in [0.15, 0.2) is 18.3 Å². The van der Waals surface area contributed by atoms with Crippen LogP contribution in [0.1, 0.15) is 69.8 Å². The van der Waals surface area contributed by atoms with E-state index in [2.05, 4.69) is 29.2 Å². The highest BCUT2D eigenvalue weighted by molar-refractivity contribution is 6.04. The minimum absolute atomic E-state index is 0.0232. The van der Waals surface area contributed by atoms with Gasteiger partial charge in [0.25, 0.3) is 0 Å². The Bertz CT molecular complexity index is 1110. The van der Waals surface area contributed by atoms with Gasteiger partial charge in [0.1, 0.15) is 18.3 Å². The second kappa shape index (κ2) is 8.22. The molecule has 5 rings (SSSR count). The van der Waals surface area contributed by atoms with Crippen LogP contribution in [-0.2, 0) is 16.1 Å². The maximum Gasteiger partial charge on any atom is 0.245 e. The summed E-state index contributed by atoms with van der Waals surface area (Å²) in [6.45, 7) is 6.73. The predicted octanol–water partition coefficient (Wildman–Crippen LogP) is 2.96. The van der Waals surface area contributed by atoms with Gasteiger partial charge in [-0.2, -0.15) is 5.10 Å². The van der Waals surface area contributed by atoms with Gasteiger partial charge in [-0.25, -0.2) is 9.67 Å². The third kappa shape index (κ3) is 4.27. The molecule has 2 aliphatic carbocycles. The van der Waals surface area contributed by atoms with Crippen LogP contribution in [-0.4, -0.2) is 55.9 Å². The topological polar surface area (TPSA) is 97.2 Å². The van der Waals surface area contributed by atoms with Crippen LogP contribution in [0.4, 0.5) is 0 Å². The Kier molecular flexibility index (Phi) is 5.49. The summed E-state index contributed by atoms with van der Waals surface area (Å²) in [7, 11) is 0. The van der Waals surface area contributed by atoms with Crippen molar-refractivity contribution in [3.05, 3.63) is 24.0 Å². The monoisotopic (exact) mass is 451 g/mol. The molecule has 3 heterocycles. The summed E-state index contributed by atoms with van der Waals surface area (Å²) in [6, 6.07) is 3.28. The molecule has 1 aliphatic heterocycles. The van der Waals surface area contributed by atoms with Gasteiger partial charge in [-0.1, -0.05) is 20.3 Å². The summed E-state index contributed by atoms with van der Waals surface area (Å²) in [5, 5.41) is 8.18. The molecule has 0 aromatic carbocycles. The van der Waals surface area contributed by atoms with E-state index in [1.807, 2.05) is 0 Å². The lowest BCUT2D eigenvalue weighted by atomic mass is 9.72. The number of carbonyl (C=O) groups is 3. The Morgan fingerprint density at radius 1 is 1.24 bits per heavy atom. The Morgan fingerprint density at radius 3 is 2.82 bits per heavy atom. The molecule has 2 aromatic rings. The van der Waals surface area contributed by atoms with Crippen molar-refractivity contribution >= 4 is 28.6 Å². The van der Waals surface area contributed by atoms with Gasteiger partial charge in [0, 0.05) is 25.7 Å². The molecule has 2 saturated carbocycles. The van der Waals surface area contributed by atoms with Gasteiger partial charge in [0.2, 0.25) is 11.8 Å². The third-order valence-corrected chi connectivity index (χ3v) is 7.69. The minimum atomic E-state index is -0.417. The second-order valence-electron chi connectivity index (χ2n) is 10.9. The highest BCUT2D eigenvalue weighted by Gasteiger charge is 2.56. The Hall–Kier alpha value is -2.77. The van der Waals surface area contributed by atoms with Crippen LogP contribution in [0.25, 0.3) is 11.0 Å². The highest BCUT2D eigenvalue weighted by Crippen LogP contribution is 2.48. The maximum atomic E-state index is 13.4. The van der Waals surface area contributed by atoms with Crippen molar-refractivity contribution in [1.29, 1.82) is 0 Å². The fraction of sp³-hybridized carbons (Fsp3) is 0.640. The van der Waals surface area contributed by atoms with Gasteiger partial charge in [0.15, 0.2) is 11.4 Å². The van der Waals surface area contributed by atoms with Crippen LogP contribution in [0.3, 0.4) is 0 Å². The summed E-state index contributed by atoms with van der Waals surface area (Å²) in [6.07, 6.45) is 8.06. The summed E-state index contributed by atoms with van der Waals surface area (Å²) in [5.74, 6) is 0.588. The largest absolute Gasteiger partial charge is 0.354 e. The van der Waals surface area contributed by atoms with Gasteiger partial charge >= 0.3 is 0 Å². The number of carbonyl (C=O) groups excluding carboxylic acids is 3. The average Bonchev–Trinajstić information content (AvgIpc) is 3.27. The molecule has 1 N–H and O–H groups in total. The van der Waals surface area contributed by atoms with Crippen LogP contribution < -0.4 is 5.32 Å². The number of hydrogen-bond acceptors (Lipinski definition) is 5. The number of nitrogens with zero attached hydrogens (tertiary/aromatic N) is 4. The number of amides is 2. The standard InChI is InChI=1S/C25H33N5O3/c1-15(31)22-18-7-5-9-26-23(18)29(28-22)14-21(32)30-19-10-17(19)11-20(30)24(33)27-13-16-6-4-8-25(2,3)12-16/h5,7,9,16-17,19-20H,4,6,8,10-14H2,1-3H3,(H,27,33)/t16?,17-,19-,20+/m1/s1. The van der Waals surface area contributed by atoms with Gasteiger partial charge < -0.3 is 10.2 Å². The zero-order chi connectivity index (χ0) is 23.3. The smallest absolute Gasteiger partial charge is 0.245 e. The minimum Gasteiger partial charge on any atom is -0.354 e. The first kappa shape index (κ1) is 22.0. The Morgan fingerprint density at radius 2 is 2.06 bits per heavy atom. The first-order valence-corrected chi connectivity index (χ1v) is 12.1. The number of aromatic nitrogens is 3. The number of ketones is 1. The van der Waals surface area contributed by atoms with Crippen molar-refractivity contribution in [2.24, 2.45) is 17.3 Å². The highest BCUT2D eigenvalue weighted by atomic mass is 16.2. The molecular weight excluding hydrogens is 418 g/mol. The van der Waals surface area contributed by atoms with Crippen LogP contribution in [0.2, 0.25) is 0 Å². The number of rotatable bonds is 6. The number of fused-ring (bicyclic) bond motifs is 2. The molecule has 33 heavy (non-hydrogen) atoms. The number of piperidine rings is 1. The van der Waals surface area contributed by atoms with Gasteiger partial charge in [-0.15, -0.1) is 0 Å². The molecule has 3 aliphatic rings. The van der Waals surface area contributed by atoms with E-state index in [-0.39, 0.29) is 30.2 Å². The van der Waals surface area contributed by atoms with Crippen molar-refractivity contribution in [1.82, 2.24) is 25.0 Å². The number of pyridine rings is 1. The lowest BCUT2D eigenvalue weighted by Gasteiger charge is -2.35. The SMILES string of the molecule is CC(=O)c1nn(CC(=O)N2[C@@H]3C[C@@H]3C[C@H]2C(=O)NCC2CCCC(C)(C)C2)c2ncccc12. The molecule has 0 spiro atoms. The molecule has 3 fully saturated rings. The molecular formula is C25H33N5O3. The molecule has 1 saturated heterocycles. The fourth-order valence-corrected chi connectivity index (χ4v) is 6.03. The van der Waals surface area contributed by atoms with Crippen LogP contribution in [0, 0.1) is 17.3 Å². The van der Waals surface area contributed by atoms with Gasteiger partial charge in [-0.05, 0) is 61.5 Å². The normalized spacial score (nSPS) is 27.9. The summed E-state index contributed by atoms with van der Waals surface area (Å²) in [5.41, 5.74) is 1.18. The molecule has 0 bridgehead atoms. The van der Waals surface area contributed by atoms with E-state index in [1.165, 1.54) is 24.4 Å². The van der Waals surface area contributed by atoms with Crippen molar-refractivity contribution < 1.29 is 14.4 Å². The van der Waals surface area contributed by atoms with Gasteiger partial charge in [-0.3, -0.25) is 14.4 Å². The molecule has 2 aromatic heterocycles. The number of nitrogens with one attached hydrogen (secondary N) is 1. The lowest BCUT2D eigenvalue weighted by Crippen LogP contribution is -2.50. The van der Waals surface area contributed by atoms with E-state index in [9.17, 15) is 14.4 Å². The predicted molar refractivity (Wildman–Crippen MR) is 123 cm³/mol. The zero-order valence-corrected chi connectivity index (χ0v) is 19.7. The summed E-state index contributed by atoms with van der Waals surface area (Å²) in [4.78, 5) is 44.6. The van der Waals surface area contributed by atoms with E-state index >= 15 is 0 Å². The molecule has 4 atom stereocenters. The molecule has 8 heteroatoms. The molecule has 1 unspecified atom stereocenters. The number of Topliss-reactive ketones (excluding diaryl/α,β-unsaturated/α-hetero) is 1.